The Labute approximate surface area is 170 Å². The van der Waals surface area contributed by atoms with Crippen molar-refractivity contribution in [2.24, 2.45) is 0 Å². The molecule has 0 radical (unpaired) electrons. The predicted octanol–water partition coefficient (Wildman–Crippen LogP) is 3.42. The molecule has 2 rings (SSSR count). The number of ether oxygens (including phenoxy) is 2. The molecule has 0 unspecified atom stereocenters. The minimum atomic E-state index is -1.24. The van der Waals surface area contributed by atoms with Crippen molar-refractivity contribution in [3.63, 3.8) is 0 Å². The Kier molecular flexibility index (Phi) is 7.29. The van der Waals surface area contributed by atoms with Crippen molar-refractivity contribution in [2.45, 2.75) is 26.0 Å². The van der Waals surface area contributed by atoms with Crippen LogP contribution in [0.25, 0.3) is 0 Å². The molecule has 2 aromatic rings. The average molecular weight is 405 g/mol. The predicted molar refractivity (Wildman–Crippen MR) is 110 cm³/mol. The molecule has 0 heterocycles. The maximum Gasteiger partial charge on any atom is 0.350 e. The van der Waals surface area contributed by atoms with Gasteiger partial charge < -0.3 is 19.7 Å². The Bertz CT molecular complexity index is 802. The Morgan fingerprint density at radius 1 is 1.04 bits per heavy atom. The minimum absolute atomic E-state index is 0.356. The topological polar surface area (TPSA) is 67.9 Å². The summed E-state index contributed by atoms with van der Waals surface area (Å²) in [7, 11) is 3.92. The van der Waals surface area contributed by atoms with E-state index in [0.29, 0.717) is 17.3 Å². The number of hydrogen-bond donors (Lipinski definition) is 1. The molecule has 0 aliphatic heterocycles. The van der Waals surface area contributed by atoms with Gasteiger partial charge in [-0.2, -0.15) is 0 Å². The number of esters is 1. The molecule has 1 amide bonds. The Hall–Kier alpha value is -2.73. The van der Waals surface area contributed by atoms with Crippen molar-refractivity contribution < 1.29 is 19.1 Å². The van der Waals surface area contributed by atoms with Crippen LogP contribution in [-0.4, -0.2) is 38.2 Å². The van der Waals surface area contributed by atoms with Crippen molar-refractivity contribution in [1.29, 1.82) is 0 Å². The smallest absolute Gasteiger partial charge is 0.350 e. The van der Waals surface area contributed by atoms with Gasteiger partial charge in [0.25, 0.3) is 5.91 Å². The molecule has 150 valence electrons. The van der Waals surface area contributed by atoms with Gasteiger partial charge in [0.05, 0.1) is 0 Å². The van der Waals surface area contributed by atoms with Crippen LogP contribution in [0, 0.1) is 0 Å². The molecule has 0 aliphatic carbocycles. The quantitative estimate of drug-likeness (QED) is 0.683. The molecule has 1 N–H and O–H groups in total. The fourth-order valence-electron chi connectivity index (χ4n) is 2.31. The third-order valence-electron chi connectivity index (χ3n) is 3.96. The van der Waals surface area contributed by atoms with E-state index in [4.69, 9.17) is 21.1 Å². The van der Waals surface area contributed by atoms with E-state index in [1.807, 2.05) is 43.3 Å². The van der Waals surface area contributed by atoms with Gasteiger partial charge in [0.15, 0.2) is 12.2 Å². The number of amides is 1. The first kappa shape index (κ1) is 21.6. The lowest BCUT2D eigenvalue weighted by molar-refractivity contribution is -0.162. The number of nitrogens with zero attached hydrogens (tertiary/aromatic N) is 1. The zero-order valence-electron chi connectivity index (χ0n) is 16.5. The van der Waals surface area contributed by atoms with Crippen LogP contribution < -0.4 is 15.0 Å². The fourth-order valence-corrected chi connectivity index (χ4v) is 2.43. The third kappa shape index (κ3) is 6.46. The molecule has 0 saturated carbocycles. The molecule has 7 heteroatoms. The van der Waals surface area contributed by atoms with Gasteiger partial charge in [0.2, 0.25) is 0 Å². The lowest BCUT2D eigenvalue weighted by Gasteiger charge is -2.24. The van der Waals surface area contributed by atoms with Crippen LogP contribution in [0.15, 0.2) is 48.5 Å². The Morgan fingerprint density at radius 3 is 2.21 bits per heavy atom. The number of carbonyl (C=O) groups is 2. The average Bonchev–Trinajstić information content (AvgIpc) is 2.66. The molecule has 6 nitrogen and oxygen atoms in total. The summed E-state index contributed by atoms with van der Waals surface area (Å²) in [6.45, 7) is 3.14. The summed E-state index contributed by atoms with van der Waals surface area (Å²) >= 11 is 5.83. The van der Waals surface area contributed by atoms with E-state index in [-0.39, 0.29) is 12.5 Å². The van der Waals surface area contributed by atoms with Crippen LogP contribution in [0.1, 0.15) is 19.4 Å². The van der Waals surface area contributed by atoms with Gasteiger partial charge in [0.1, 0.15) is 5.75 Å². The first-order valence-corrected chi connectivity index (χ1v) is 9.20. The lowest BCUT2D eigenvalue weighted by Crippen LogP contribution is -2.41. The van der Waals surface area contributed by atoms with Crippen molar-refractivity contribution in [3.8, 4) is 5.75 Å². The maximum atomic E-state index is 12.3. The number of carbonyl (C=O) groups excluding carboxylic acids is 2. The van der Waals surface area contributed by atoms with Crippen molar-refractivity contribution >= 4 is 29.2 Å². The second kappa shape index (κ2) is 9.46. The van der Waals surface area contributed by atoms with Crippen LogP contribution >= 0.6 is 11.6 Å². The first-order chi connectivity index (χ1) is 13.2. The normalized spacial score (nSPS) is 10.9. The fraction of sp³-hybridized carbons (Fsp3) is 0.333. The van der Waals surface area contributed by atoms with Crippen LogP contribution in [0.5, 0.6) is 5.75 Å². The summed E-state index contributed by atoms with van der Waals surface area (Å²) in [5, 5.41) is 3.30. The lowest BCUT2D eigenvalue weighted by atomic mass is 10.1. The molecule has 0 spiro atoms. The van der Waals surface area contributed by atoms with Crippen LogP contribution in [0.3, 0.4) is 0 Å². The summed E-state index contributed by atoms with van der Waals surface area (Å²) < 4.78 is 10.7. The largest absolute Gasteiger partial charge is 0.476 e. The molecular weight excluding hydrogens is 380 g/mol. The summed E-state index contributed by atoms with van der Waals surface area (Å²) in [6, 6.07) is 14.5. The van der Waals surface area contributed by atoms with Crippen LogP contribution in [0.2, 0.25) is 5.02 Å². The molecule has 28 heavy (non-hydrogen) atoms. The van der Waals surface area contributed by atoms with Gasteiger partial charge >= 0.3 is 5.97 Å². The van der Waals surface area contributed by atoms with E-state index in [0.717, 1.165) is 11.3 Å². The molecule has 0 atom stereocenters. The zero-order chi connectivity index (χ0) is 20.7. The molecular formula is C21H25ClN2O4. The number of rotatable bonds is 8. The number of anilines is 1. The highest BCUT2D eigenvalue weighted by Crippen LogP contribution is 2.21. The second-order valence-electron chi connectivity index (χ2n) is 6.98. The van der Waals surface area contributed by atoms with E-state index in [1.165, 1.54) is 0 Å². The maximum absolute atomic E-state index is 12.3. The summed E-state index contributed by atoms with van der Waals surface area (Å²) in [5.74, 6) is -0.530. The monoisotopic (exact) mass is 404 g/mol. The van der Waals surface area contributed by atoms with E-state index >= 15 is 0 Å². The SMILES string of the molecule is CN(C)c1ccc(CNC(=O)COC(=O)C(C)(C)Oc2ccc(Cl)cc2)cc1. The van der Waals surface area contributed by atoms with E-state index in [9.17, 15) is 9.59 Å². The Balaban J connectivity index is 1.79. The second-order valence-corrected chi connectivity index (χ2v) is 7.42. The highest BCUT2D eigenvalue weighted by atomic mass is 35.5. The molecule has 2 aromatic carbocycles. The van der Waals surface area contributed by atoms with E-state index < -0.39 is 11.6 Å². The number of benzene rings is 2. The zero-order valence-corrected chi connectivity index (χ0v) is 17.2. The molecule has 0 fully saturated rings. The van der Waals surface area contributed by atoms with E-state index in [1.54, 1.807) is 38.1 Å². The number of halogens is 1. The van der Waals surface area contributed by atoms with Crippen molar-refractivity contribution in [2.75, 3.05) is 25.6 Å². The van der Waals surface area contributed by atoms with Gasteiger partial charge in [-0.1, -0.05) is 23.7 Å². The van der Waals surface area contributed by atoms with Gasteiger partial charge in [-0.15, -0.1) is 0 Å². The standard InChI is InChI=1S/C21H25ClN2O4/c1-21(2,28-18-11-7-16(22)8-12-18)20(26)27-14-19(25)23-13-15-5-9-17(10-6-15)24(3)4/h5-12H,13-14H2,1-4H3,(H,23,25). The molecule has 0 aliphatic rings. The summed E-state index contributed by atoms with van der Waals surface area (Å²) in [5.41, 5.74) is 0.791. The molecule has 0 aromatic heterocycles. The van der Waals surface area contributed by atoms with Crippen LogP contribution in [-0.2, 0) is 20.9 Å². The minimum Gasteiger partial charge on any atom is -0.476 e. The third-order valence-corrected chi connectivity index (χ3v) is 4.21. The number of hydrogen-bond acceptors (Lipinski definition) is 5. The van der Waals surface area contributed by atoms with Gasteiger partial charge in [-0.3, -0.25) is 4.79 Å². The van der Waals surface area contributed by atoms with Gasteiger partial charge in [-0.25, -0.2) is 4.79 Å². The highest BCUT2D eigenvalue weighted by molar-refractivity contribution is 6.30. The summed E-state index contributed by atoms with van der Waals surface area (Å²) in [4.78, 5) is 26.2. The first-order valence-electron chi connectivity index (χ1n) is 8.82. The Morgan fingerprint density at radius 2 is 1.64 bits per heavy atom. The summed E-state index contributed by atoms with van der Waals surface area (Å²) in [6.07, 6.45) is 0. The van der Waals surface area contributed by atoms with E-state index in [2.05, 4.69) is 5.32 Å². The van der Waals surface area contributed by atoms with Gasteiger partial charge in [0, 0.05) is 31.4 Å². The highest BCUT2D eigenvalue weighted by Gasteiger charge is 2.32. The van der Waals surface area contributed by atoms with Crippen LogP contribution in [0.4, 0.5) is 5.69 Å². The molecule has 0 saturated heterocycles. The molecule has 0 bridgehead atoms. The van der Waals surface area contributed by atoms with Gasteiger partial charge in [-0.05, 0) is 55.8 Å². The number of nitrogens with one attached hydrogen (secondary N) is 1. The van der Waals surface area contributed by atoms with Crippen molar-refractivity contribution in [3.05, 3.63) is 59.1 Å². The van der Waals surface area contributed by atoms with Crippen molar-refractivity contribution in [1.82, 2.24) is 5.32 Å².